The Balaban J connectivity index is 1.38. The molecular formula is C21H25N3S. The number of benzene rings is 1. The second-order valence-electron chi connectivity index (χ2n) is 6.83. The van der Waals surface area contributed by atoms with Gasteiger partial charge in [0.15, 0.2) is 0 Å². The van der Waals surface area contributed by atoms with Crippen LogP contribution in [0.1, 0.15) is 31.2 Å². The van der Waals surface area contributed by atoms with E-state index in [1.165, 1.54) is 68.6 Å². The minimum atomic E-state index is 1.15. The quantitative estimate of drug-likeness (QED) is 0.622. The van der Waals surface area contributed by atoms with Gasteiger partial charge in [-0.3, -0.25) is 4.57 Å². The number of imidazole rings is 1. The fraction of sp³-hybridized carbons (Fsp3) is 0.381. The summed E-state index contributed by atoms with van der Waals surface area (Å²) in [5, 5.41) is 4.25. The van der Waals surface area contributed by atoms with E-state index < -0.39 is 0 Å². The smallest absolute Gasteiger partial charge is 0.0997 e. The summed E-state index contributed by atoms with van der Waals surface area (Å²) in [5.41, 5.74) is 4.99. The van der Waals surface area contributed by atoms with Crippen molar-refractivity contribution < 1.29 is 0 Å². The van der Waals surface area contributed by atoms with Crippen molar-refractivity contribution in [2.24, 2.45) is 0 Å². The van der Waals surface area contributed by atoms with E-state index in [-0.39, 0.29) is 0 Å². The van der Waals surface area contributed by atoms with Crippen molar-refractivity contribution in [2.75, 3.05) is 19.6 Å². The van der Waals surface area contributed by atoms with E-state index >= 15 is 0 Å². The first-order chi connectivity index (χ1) is 12.4. The highest BCUT2D eigenvalue weighted by atomic mass is 32.1. The van der Waals surface area contributed by atoms with Crippen molar-refractivity contribution >= 4 is 11.3 Å². The van der Waals surface area contributed by atoms with Crippen LogP contribution in [0.4, 0.5) is 0 Å². The molecule has 3 nitrogen and oxygen atoms in total. The van der Waals surface area contributed by atoms with E-state index in [4.69, 9.17) is 0 Å². The Kier molecular flexibility index (Phi) is 5.28. The lowest BCUT2D eigenvalue weighted by Gasteiger charge is -2.26. The van der Waals surface area contributed by atoms with E-state index in [2.05, 4.69) is 55.5 Å². The molecule has 2 aromatic heterocycles. The summed E-state index contributed by atoms with van der Waals surface area (Å²) in [6.45, 7) is 3.84. The van der Waals surface area contributed by atoms with Crippen molar-refractivity contribution in [3.05, 3.63) is 59.2 Å². The molecule has 25 heavy (non-hydrogen) atoms. The van der Waals surface area contributed by atoms with Gasteiger partial charge in [-0.1, -0.05) is 30.7 Å². The van der Waals surface area contributed by atoms with Crippen LogP contribution in [-0.4, -0.2) is 34.1 Å². The van der Waals surface area contributed by atoms with Crippen LogP contribution in [0.25, 0.3) is 16.9 Å². The number of hydrogen-bond acceptors (Lipinski definition) is 3. The average molecular weight is 352 g/mol. The number of nitrogens with zero attached hydrogens (tertiary/aromatic N) is 3. The molecule has 0 atom stereocenters. The number of piperidine rings is 1. The van der Waals surface area contributed by atoms with Crippen LogP contribution in [0.5, 0.6) is 0 Å². The van der Waals surface area contributed by atoms with Gasteiger partial charge in [0.1, 0.15) is 0 Å². The normalized spacial score (nSPS) is 15.5. The van der Waals surface area contributed by atoms with Gasteiger partial charge in [0.2, 0.25) is 0 Å². The minimum absolute atomic E-state index is 1.15. The number of aryl methyl sites for hydroxylation is 1. The maximum atomic E-state index is 4.34. The topological polar surface area (TPSA) is 21.1 Å². The van der Waals surface area contributed by atoms with E-state index in [9.17, 15) is 0 Å². The van der Waals surface area contributed by atoms with Gasteiger partial charge in [0.05, 0.1) is 23.9 Å². The van der Waals surface area contributed by atoms with E-state index in [0.29, 0.717) is 0 Å². The van der Waals surface area contributed by atoms with Crippen LogP contribution in [0.3, 0.4) is 0 Å². The first-order valence-electron chi connectivity index (χ1n) is 9.27. The zero-order valence-electron chi connectivity index (χ0n) is 14.6. The SMILES string of the molecule is c1cc(-n2cncc2-c2ccc(CCCN3CCCCC3)cc2)cs1. The second kappa shape index (κ2) is 7.98. The molecule has 0 spiro atoms. The fourth-order valence-corrected chi connectivity index (χ4v) is 4.27. The minimum Gasteiger partial charge on any atom is -0.303 e. The molecule has 0 radical (unpaired) electrons. The van der Waals surface area contributed by atoms with Gasteiger partial charge in [0, 0.05) is 10.9 Å². The van der Waals surface area contributed by atoms with Gasteiger partial charge in [-0.15, -0.1) is 0 Å². The molecule has 1 fully saturated rings. The Morgan fingerprint density at radius 2 is 1.84 bits per heavy atom. The van der Waals surface area contributed by atoms with Crippen molar-refractivity contribution in [1.29, 1.82) is 0 Å². The summed E-state index contributed by atoms with van der Waals surface area (Å²) in [4.78, 5) is 6.96. The summed E-state index contributed by atoms with van der Waals surface area (Å²) in [6.07, 6.45) is 10.4. The predicted octanol–water partition coefficient (Wildman–Crippen LogP) is 5.02. The molecule has 0 bridgehead atoms. The average Bonchev–Trinajstić information content (AvgIpc) is 3.35. The fourth-order valence-electron chi connectivity index (χ4n) is 3.64. The number of aromatic nitrogens is 2. The number of rotatable bonds is 6. The Bertz CT molecular complexity index is 768. The zero-order chi connectivity index (χ0) is 16.9. The molecule has 3 aromatic rings. The van der Waals surface area contributed by atoms with Crippen molar-refractivity contribution in [3.8, 4) is 16.9 Å². The van der Waals surface area contributed by atoms with Gasteiger partial charge in [-0.05, 0) is 62.3 Å². The molecule has 1 aliphatic rings. The standard InChI is InChI=1S/C21H25N3S/c1-2-11-23(12-3-1)13-4-5-18-6-8-19(9-7-18)21-15-22-17-24(21)20-10-14-25-16-20/h6-10,14-17H,1-5,11-13H2. The first kappa shape index (κ1) is 16.6. The number of likely N-dealkylation sites (tertiary alicyclic amines) is 1. The Morgan fingerprint density at radius 1 is 1.00 bits per heavy atom. The van der Waals surface area contributed by atoms with Crippen LogP contribution in [0.15, 0.2) is 53.6 Å². The summed E-state index contributed by atoms with van der Waals surface area (Å²) < 4.78 is 2.15. The van der Waals surface area contributed by atoms with Crippen LogP contribution >= 0.6 is 11.3 Å². The van der Waals surface area contributed by atoms with Gasteiger partial charge < -0.3 is 4.90 Å². The molecule has 0 N–H and O–H groups in total. The molecule has 0 unspecified atom stereocenters. The summed E-state index contributed by atoms with van der Waals surface area (Å²) >= 11 is 1.71. The number of thiophene rings is 1. The molecule has 4 rings (SSSR count). The third-order valence-electron chi connectivity index (χ3n) is 5.06. The molecule has 0 aliphatic carbocycles. The lowest BCUT2D eigenvalue weighted by atomic mass is 10.0. The molecule has 3 heterocycles. The lowest BCUT2D eigenvalue weighted by Crippen LogP contribution is -2.30. The first-order valence-corrected chi connectivity index (χ1v) is 10.2. The van der Waals surface area contributed by atoms with Gasteiger partial charge in [-0.25, -0.2) is 4.98 Å². The van der Waals surface area contributed by atoms with E-state index in [1.54, 1.807) is 11.3 Å². The second-order valence-corrected chi connectivity index (χ2v) is 7.61. The summed E-state index contributed by atoms with van der Waals surface area (Å²) in [7, 11) is 0. The maximum Gasteiger partial charge on any atom is 0.0997 e. The molecule has 0 amide bonds. The highest BCUT2D eigenvalue weighted by molar-refractivity contribution is 7.08. The predicted molar refractivity (Wildman–Crippen MR) is 105 cm³/mol. The Morgan fingerprint density at radius 3 is 2.60 bits per heavy atom. The third-order valence-corrected chi connectivity index (χ3v) is 5.73. The molecule has 130 valence electrons. The monoisotopic (exact) mass is 351 g/mol. The Hall–Kier alpha value is -1.91. The van der Waals surface area contributed by atoms with Crippen LogP contribution in [0, 0.1) is 0 Å². The molecule has 0 saturated carbocycles. The van der Waals surface area contributed by atoms with Crippen molar-refractivity contribution in [2.45, 2.75) is 32.1 Å². The molecule has 1 aromatic carbocycles. The van der Waals surface area contributed by atoms with Gasteiger partial charge in [0.25, 0.3) is 0 Å². The highest BCUT2D eigenvalue weighted by Gasteiger charge is 2.10. The molecule has 4 heteroatoms. The van der Waals surface area contributed by atoms with Gasteiger partial charge >= 0.3 is 0 Å². The molecular weight excluding hydrogens is 326 g/mol. The molecule has 1 aliphatic heterocycles. The third kappa shape index (κ3) is 4.02. The van der Waals surface area contributed by atoms with Crippen molar-refractivity contribution in [3.63, 3.8) is 0 Å². The zero-order valence-corrected chi connectivity index (χ0v) is 15.4. The number of hydrogen-bond donors (Lipinski definition) is 0. The summed E-state index contributed by atoms with van der Waals surface area (Å²) in [6, 6.07) is 11.1. The largest absolute Gasteiger partial charge is 0.303 e. The molecule has 1 saturated heterocycles. The van der Waals surface area contributed by atoms with E-state index in [1.807, 2.05) is 12.5 Å². The highest BCUT2D eigenvalue weighted by Crippen LogP contribution is 2.24. The van der Waals surface area contributed by atoms with Gasteiger partial charge in [-0.2, -0.15) is 11.3 Å². The van der Waals surface area contributed by atoms with E-state index in [0.717, 1.165) is 5.69 Å². The van der Waals surface area contributed by atoms with Crippen LogP contribution < -0.4 is 0 Å². The van der Waals surface area contributed by atoms with Crippen LogP contribution in [-0.2, 0) is 6.42 Å². The van der Waals surface area contributed by atoms with Crippen LogP contribution in [0.2, 0.25) is 0 Å². The Labute approximate surface area is 153 Å². The lowest BCUT2D eigenvalue weighted by molar-refractivity contribution is 0.226. The maximum absolute atomic E-state index is 4.34. The van der Waals surface area contributed by atoms with Crippen molar-refractivity contribution in [1.82, 2.24) is 14.5 Å². The summed E-state index contributed by atoms with van der Waals surface area (Å²) in [5.74, 6) is 0.